The highest BCUT2D eigenvalue weighted by Crippen LogP contribution is 2.82. The van der Waals surface area contributed by atoms with Crippen LogP contribution in [0.2, 0.25) is 0 Å². The molecule has 0 aromatic heterocycles. The summed E-state index contributed by atoms with van der Waals surface area (Å²) in [7, 11) is 8.56. The highest BCUT2D eigenvalue weighted by molar-refractivity contribution is 6.67. The Morgan fingerprint density at radius 3 is 2.54 bits per heavy atom. The van der Waals surface area contributed by atoms with E-state index in [-0.39, 0.29) is 17.9 Å². The van der Waals surface area contributed by atoms with Gasteiger partial charge in [0.05, 0.1) is 48.4 Å². The molecule has 0 amide bonds. The fourth-order valence-corrected chi connectivity index (χ4v) is 14.6. The van der Waals surface area contributed by atoms with Gasteiger partial charge in [-0.1, -0.05) is 49.1 Å². The summed E-state index contributed by atoms with van der Waals surface area (Å²) >= 11 is 0. The van der Waals surface area contributed by atoms with Crippen molar-refractivity contribution in [2.75, 3.05) is 61.1 Å². The van der Waals surface area contributed by atoms with Crippen molar-refractivity contribution in [2.45, 2.75) is 94.5 Å². The molecular formula is C47H56BN4O9. The van der Waals surface area contributed by atoms with Gasteiger partial charge in [-0.3, -0.25) is 19.4 Å². The van der Waals surface area contributed by atoms with Crippen molar-refractivity contribution in [3.8, 4) is 6.07 Å². The molecule has 2 aliphatic carbocycles. The van der Waals surface area contributed by atoms with Crippen molar-refractivity contribution in [1.82, 2.24) is 14.7 Å². The van der Waals surface area contributed by atoms with Crippen LogP contribution in [0.3, 0.4) is 0 Å². The number of hydrogen-bond acceptors (Lipinski definition) is 13. The molecule has 3 unspecified atom stereocenters. The van der Waals surface area contributed by atoms with Gasteiger partial charge >= 0.3 is 17.9 Å². The van der Waals surface area contributed by atoms with Crippen LogP contribution in [0.15, 0.2) is 59.2 Å². The molecule has 1 aromatic rings. The molecular weight excluding hydrogens is 775 g/mol. The van der Waals surface area contributed by atoms with E-state index >= 15 is 4.79 Å². The summed E-state index contributed by atoms with van der Waals surface area (Å²) in [4.78, 5) is 50.0. The number of nitrogens with zero attached hydrogens (tertiary/aromatic N) is 4. The zero-order valence-corrected chi connectivity index (χ0v) is 36.3. The minimum absolute atomic E-state index is 0.0791. The van der Waals surface area contributed by atoms with Gasteiger partial charge in [0.2, 0.25) is 0 Å². The SMILES string of the molecule is CC[C@]1(O)C[C@H]2CN(CCC3=C([B]c4ccc(C#N)cc43)[C@@](C(=O)OC)(C3C=C4C(=CC3OC)N(C)[C@@]35O[C@]3(C(=O)OC)[C@H](OC(C)=O)[C@]3(CC)C=CCN6CC[C@]45[C@@H]63)C2)C1. The first-order valence-corrected chi connectivity index (χ1v) is 22.0. The third kappa shape index (κ3) is 4.87. The van der Waals surface area contributed by atoms with Crippen LogP contribution in [0.1, 0.15) is 70.4 Å². The molecule has 1 N–H and O–H groups in total. The maximum atomic E-state index is 15.5. The Bertz CT molecular complexity index is 2300. The van der Waals surface area contributed by atoms with Crippen molar-refractivity contribution in [3.63, 3.8) is 0 Å². The predicted molar refractivity (Wildman–Crippen MR) is 224 cm³/mol. The van der Waals surface area contributed by atoms with Crippen LogP contribution in [0.25, 0.3) is 5.57 Å². The molecule has 4 saturated heterocycles. The van der Waals surface area contributed by atoms with Gasteiger partial charge in [0.25, 0.3) is 5.60 Å². The molecule has 1 saturated carbocycles. The van der Waals surface area contributed by atoms with Gasteiger partial charge in [-0.2, -0.15) is 5.26 Å². The fourth-order valence-electron chi connectivity index (χ4n) is 14.6. The van der Waals surface area contributed by atoms with Gasteiger partial charge in [-0.05, 0) is 85.9 Å². The highest BCUT2D eigenvalue weighted by Gasteiger charge is 2.99. The van der Waals surface area contributed by atoms with Gasteiger partial charge in [0.15, 0.2) is 19.1 Å². The summed E-state index contributed by atoms with van der Waals surface area (Å²) in [6.07, 6.45) is 10.3. The predicted octanol–water partition coefficient (Wildman–Crippen LogP) is 3.04. The summed E-state index contributed by atoms with van der Waals surface area (Å²) < 4.78 is 31.7. The molecule has 14 heteroatoms. The molecule has 10 rings (SSSR count). The second kappa shape index (κ2) is 13.6. The molecule has 2 spiro atoms. The standard InChI is InChI=1S/C47H56BN4O9/c1-8-42(56)22-29-23-44(40(54)58-6,37-30(13-17-51(25-29)26-42)31-19-28(24-49)11-12-34(31)48-37)33-20-32-35(21-36(33)57-5)50(4)47-45(32)15-18-52-16-10-14-43(9-2,38(45)52)39(60-27(3)53)46(47,61-47)41(55)59-7/h10-12,14,19-21,29,33,36,38-39,56H,8-9,13,15-18,22-23,25-26H2,1-7H3/t29-,33?,36?,38+,39-,42+,43-,44+,45-,46+,47+/m1/s1. The number of hydrogen-bond donors (Lipinski definition) is 1. The number of carbonyl (C=O) groups is 3. The molecule has 7 heterocycles. The topological polar surface area (TPSA) is 154 Å². The van der Waals surface area contributed by atoms with Crippen LogP contribution < -0.4 is 5.46 Å². The van der Waals surface area contributed by atoms with E-state index in [4.69, 9.17) is 23.7 Å². The van der Waals surface area contributed by atoms with Crippen LogP contribution in [-0.4, -0.2) is 141 Å². The number of aliphatic hydroxyl groups is 1. The molecule has 1 aromatic carbocycles. The van der Waals surface area contributed by atoms with Crippen molar-refractivity contribution >= 4 is 36.2 Å². The number of epoxide rings is 1. The molecule has 2 bridgehead atoms. The number of nitriles is 1. The number of methoxy groups -OCH3 is 3. The zero-order chi connectivity index (χ0) is 43.1. The highest BCUT2D eigenvalue weighted by atomic mass is 16.7. The smallest absolute Gasteiger partial charge is 0.347 e. The van der Waals surface area contributed by atoms with Gasteiger partial charge in [-0.15, -0.1) is 0 Å². The third-order valence-electron chi connectivity index (χ3n) is 16.8. The van der Waals surface area contributed by atoms with Crippen LogP contribution >= 0.6 is 0 Å². The van der Waals surface area contributed by atoms with Crippen LogP contribution in [0.5, 0.6) is 0 Å². The number of benzene rings is 1. The molecule has 7 aliphatic heterocycles. The largest absolute Gasteiger partial charge is 0.468 e. The molecule has 1 radical (unpaired) electrons. The maximum Gasteiger partial charge on any atom is 0.347 e. The van der Waals surface area contributed by atoms with E-state index in [9.17, 15) is 20.0 Å². The Morgan fingerprint density at radius 1 is 1.07 bits per heavy atom. The maximum absolute atomic E-state index is 15.5. The normalized spacial score (nSPS) is 42.3. The summed E-state index contributed by atoms with van der Waals surface area (Å²) in [6, 6.07) is 7.80. The van der Waals surface area contributed by atoms with E-state index < -0.39 is 63.2 Å². The number of rotatable bonds is 7. The van der Waals surface area contributed by atoms with Gasteiger partial charge in [0, 0.05) is 70.3 Å². The van der Waals surface area contributed by atoms with Crippen molar-refractivity contribution in [3.05, 3.63) is 70.4 Å². The summed E-state index contributed by atoms with van der Waals surface area (Å²) in [5.74, 6) is -2.17. The van der Waals surface area contributed by atoms with E-state index in [1.165, 1.54) is 21.1 Å². The second-order valence-electron chi connectivity index (χ2n) is 19.1. The average molecular weight is 832 g/mol. The summed E-state index contributed by atoms with van der Waals surface area (Å²) in [5.41, 5.74) is -0.753. The van der Waals surface area contributed by atoms with Gasteiger partial charge in [-0.25, -0.2) is 4.79 Å². The second-order valence-corrected chi connectivity index (χ2v) is 19.1. The average Bonchev–Trinajstić information content (AvgIpc) is 3.51. The van der Waals surface area contributed by atoms with E-state index in [1.54, 1.807) is 7.11 Å². The number of allylic oxidation sites excluding steroid dienone is 1. The lowest BCUT2D eigenvalue weighted by Gasteiger charge is -2.58. The lowest BCUT2D eigenvalue weighted by Crippen LogP contribution is -2.73. The van der Waals surface area contributed by atoms with E-state index in [2.05, 4.69) is 59.3 Å². The number of fused-ring (bicyclic) bond motifs is 5. The Morgan fingerprint density at radius 2 is 1.85 bits per heavy atom. The number of piperidine rings is 1. The quantitative estimate of drug-likeness (QED) is 0.141. The van der Waals surface area contributed by atoms with Crippen LogP contribution in [-0.2, 0) is 38.1 Å². The van der Waals surface area contributed by atoms with Gasteiger partial charge in [0.1, 0.15) is 0 Å². The van der Waals surface area contributed by atoms with E-state index in [1.807, 2.05) is 32.2 Å². The third-order valence-corrected chi connectivity index (χ3v) is 16.8. The fraction of sp³-hybridized carbons (Fsp3) is 0.617. The first-order valence-electron chi connectivity index (χ1n) is 22.0. The van der Waals surface area contributed by atoms with Crippen molar-refractivity contribution in [1.29, 1.82) is 5.26 Å². The van der Waals surface area contributed by atoms with Crippen LogP contribution in [0.4, 0.5) is 0 Å². The molecule has 321 valence electrons. The van der Waals surface area contributed by atoms with E-state index in [0.717, 1.165) is 33.3 Å². The minimum Gasteiger partial charge on any atom is -0.468 e. The Hall–Kier alpha value is -4.26. The first kappa shape index (κ1) is 40.8. The number of esters is 3. The Balaban J connectivity index is 1.24. The molecule has 9 aliphatic rings. The Labute approximate surface area is 358 Å². The van der Waals surface area contributed by atoms with Crippen molar-refractivity contribution in [2.24, 2.45) is 28.1 Å². The zero-order valence-electron chi connectivity index (χ0n) is 36.3. The Kier molecular flexibility index (Phi) is 9.11. The van der Waals surface area contributed by atoms with Gasteiger partial charge < -0.3 is 33.7 Å². The molecule has 13 nitrogen and oxygen atoms in total. The van der Waals surface area contributed by atoms with Crippen LogP contribution in [0, 0.1) is 39.4 Å². The summed E-state index contributed by atoms with van der Waals surface area (Å²) in [6.45, 7) is 8.80. The summed E-state index contributed by atoms with van der Waals surface area (Å²) in [5, 5.41) is 22.1. The monoisotopic (exact) mass is 831 g/mol. The molecule has 5 fully saturated rings. The van der Waals surface area contributed by atoms with Crippen molar-refractivity contribution < 1.29 is 43.2 Å². The lowest BCUT2D eigenvalue weighted by atomic mass is 9.47. The molecule has 12 atom stereocenters. The first-order chi connectivity index (χ1) is 29.2. The number of likely N-dealkylation sites (tertiary alicyclic amines) is 1. The number of carbonyl (C=O) groups excluding carboxylic acids is 3. The minimum atomic E-state index is -1.66. The number of ether oxygens (including phenoxy) is 5. The van der Waals surface area contributed by atoms with E-state index in [0.29, 0.717) is 76.8 Å². The number of likely N-dealkylation sites (N-methyl/N-ethyl adjacent to an activating group) is 1. The molecule has 61 heavy (non-hydrogen) atoms. The lowest BCUT2D eigenvalue weighted by molar-refractivity contribution is -0.182.